The van der Waals surface area contributed by atoms with Crippen LogP contribution >= 0.6 is 0 Å². The Balaban J connectivity index is 4.27. The van der Waals surface area contributed by atoms with Crippen molar-refractivity contribution in [2.45, 2.75) is 369 Å². The molecule has 0 aromatic heterocycles. The van der Waals surface area contributed by atoms with E-state index in [1.807, 2.05) is 0 Å². The van der Waals surface area contributed by atoms with Crippen molar-refractivity contribution in [2.75, 3.05) is 13.2 Å². The summed E-state index contributed by atoms with van der Waals surface area (Å²) in [6.45, 7) is 13.8. The van der Waals surface area contributed by atoms with Crippen molar-refractivity contribution in [1.29, 1.82) is 0 Å². The third-order valence-corrected chi connectivity index (χ3v) is 15.3. The number of ether oxygens (including phenoxy) is 3. The number of carbonyl (C=O) groups excluding carboxylic acids is 3. The molecule has 422 valence electrons. The Bertz CT molecular complexity index is 1100. The first kappa shape index (κ1) is 69.4. The van der Waals surface area contributed by atoms with Crippen LogP contribution in [0.25, 0.3) is 0 Å². The lowest BCUT2D eigenvalue weighted by molar-refractivity contribution is -0.167. The predicted molar refractivity (Wildman–Crippen MR) is 307 cm³/mol. The number of hydrogen-bond donors (Lipinski definition) is 0. The van der Waals surface area contributed by atoms with Crippen LogP contribution in [0.4, 0.5) is 0 Å². The zero-order valence-electron chi connectivity index (χ0n) is 49.0. The summed E-state index contributed by atoms with van der Waals surface area (Å²) in [6, 6.07) is 0. The zero-order valence-corrected chi connectivity index (χ0v) is 49.0. The summed E-state index contributed by atoms with van der Waals surface area (Å²) in [5.74, 6) is 1.74. The molecule has 0 aromatic rings. The van der Waals surface area contributed by atoms with Crippen LogP contribution in [0.5, 0.6) is 0 Å². The normalized spacial score (nSPS) is 12.5. The van der Waals surface area contributed by atoms with Gasteiger partial charge in [-0.15, -0.1) is 0 Å². The van der Waals surface area contributed by atoms with Gasteiger partial charge in [-0.3, -0.25) is 14.4 Å². The molecule has 0 rings (SSSR count). The van der Waals surface area contributed by atoms with Crippen LogP contribution in [0.1, 0.15) is 363 Å². The summed E-state index contributed by atoms with van der Waals surface area (Å²) >= 11 is 0. The molecule has 1 unspecified atom stereocenters. The second-order valence-corrected chi connectivity index (χ2v) is 23.6. The standard InChI is InChI=1S/C65H126O6/c1-7-61(6)53-47-41-35-29-23-17-14-15-18-24-30-36-42-48-54-63(66)69-57-62(58-70-64(67)55-49-43-37-31-26-20-22-28-34-40-46-52-60(4)5)71-65(68)56-50-44-38-32-25-19-13-11-9-8-10-12-16-21-27-33-39-45-51-59(2)3/h59-62H,7-58H2,1-6H3/t61?,62-/m1/s1. The van der Waals surface area contributed by atoms with E-state index in [0.717, 1.165) is 75.5 Å². The van der Waals surface area contributed by atoms with Crippen LogP contribution in [-0.4, -0.2) is 37.2 Å². The molecule has 6 nitrogen and oxygen atoms in total. The van der Waals surface area contributed by atoms with E-state index in [-0.39, 0.29) is 31.1 Å². The monoisotopic (exact) mass is 1000 g/mol. The number of esters is 3. The number of carbonyl (C=O) groups is 3. The van der Waals surface area contributed by atoms with Gasteiger partial charge in [0, 0.05) is 19.3 Å². The Kier molecular flexibility index (Phi) is 54.9. The first-order chi connectivity index (χ1) is 34.6. The highest BCUT2D eigenvalue weighted by Crippen LogP contribution is 2.19. The molecule has 6 heteroatoms. The van der Waals surface area contributed by atoms with Gasteiger partial charge in [-0.2, -0.15) is 0 Å². The third kappa shape index (κ3) is 57.5. The highest BCUT2D eigenvalue weighted by Gasteiger charge is 2.19. The average molecular weight is 1000 g/mol. The maximum atomic E-state index is 12.9. The average Bonchev–Trinajstić information content (AvgIpc) is 3.35. The van der Waals surface area contributed by atoms with Crippen molar-refractivity contribution in [3.63, 3.8) is 0 Å². The Morgan fingerprint density at radius 3 is 0.732 bits per heavy atom. The first-order valence-electron chi connectivity index (χ1n) is 32.1. The van der Waals surface area contributed by atoms with Gasteiger partial charge >= 0.3 is 17.9 Å². The topological polar surface area (TPSA) is 78.9 Å². The predicted octanol–water partition coefficient (Wildman–Crippen LogP) is 21.5. The number of hydrogen-bond acceptors (Lipinski definition) is 6. The number of rotatable bonds is 58. The van der Waals surface area contributed by atoms with E-state index in [1.165, 1.54) is 244 Å². The minimum atomic E-state index is -0.764. The molecule has 0 N–H and O–H groups in total. The van der Waals surface area contributed by atoms with E-state index in [1.54, 1.807) is 0 Å². The Morgan fingerprint density at radius 1 is 0.282 bits per heavy atom. The Hall–Kier alpha value is -1.59. The quantitative estimate of drug-likeness (QED) is 0.0343. The molecule has 0 aliphatic rings. The molecular weight excluding hydrogens is 877 g/mol. The largest absolute Gasteiger partial charge is 0.462 e. The Labute approximate surface area is 444 Å². The molecule has 0 saturated carbocycles. The van der Waals surface area contributed by atoms with Crippen LogP contribution in [0.15, 0.2) is 0 Å². The van der Waals surface area contributed by atoms with Gasteiger partial charge in [-0.05, 0) is 37.0 Å². The van der Waals surface area contributed by atoms with Crippen molar-refractivity contribution in [2.24, 2.45) is 17.8 Å². The summed E-state index contributed by atoms with van der Waals surface area (Å²) in [4.78, 5) is 38.3. The third-order valence-electron chi connectivity index (χ3n) is 15.3. The van der Waals surface area contributed by atoms with E-state index >= 15 is 0 Å². The van der Waals surface area contributed by atoms with E-state index in [0.29, 0.717) is 19.3 Å². The minimum absolute atomic E-state index is 0.0627. The van der Waals surface area contributed by atoms with E-state index in [4.69, 9.17) is 14.2 Å². The van der Waals surface area contributed by atoms with Crippen molar-refractivity contribution < 1.29 is 28.6 Å². The van der Waals surface area contributed by atoms with Crippen LogP contribution in [0.3, 0.4) is 0 Å². The molecule has 0 amide bonds. The summed E-state index contributed by atoms with van der Waals surface area (Å²) in [7, 11) is 0. The molecule has 0 spiro atoms. The fourth-order valence-electron chi connectivity index (χ4n) is 10.0. The van der Waals surface area contributed by atoms with E-state index in [9.17, 15) is 14.4 Å². The maximum absolute atomic E-state index is 12.9. The first-order valence-corrected chi connectivity index (χ1v) is 32.1. The molecule has 0 saturated heterocycles. The molecule has 0 bridgehead atoms. The SMILES string of the molecule is CCC(C)CCCCCCCCCCCCCCCCC(=O)OC[C@H](COC(=O)CCCCCCCCCCCCCC(C)C)OC(=O)CCCCCCCCCCCCCCCCCCCCC(C)C. The molecular formula is C65H126O6. The van der Waals surface area contributed by atoms with Gasteiger partial charge in [0.1, 0.15) is 13.2 Å². The Morgan fingerprint density at radius 2 is 0.493 bits per heavy atom. The molecule has 0 radical (unpaired) electrons. The fraction of sp³-hybridized carbons (Fsp3) is 0.954. The van der Waals surface area contributed by atoms with Crippen LogP contribution < -0.4 is 0 Å². The van der Waals surface area contributed by atoms with Crippen molar-refractivity contribution in [3.8, 4) is 0 Å². The zero-order chi connectivity index (χ0) is 51.9. The van der Waals surface area contributed by atoms with Gasteiger partial charge in [0.25, 0.3) is 0 Å². The fourth-order valence-corrected chi connectivity index (χ4v) is 10.0. The highest BCUT2D eigenvalue weighted by molar-refractivity contribution is 5.71. The van der Waals surface area contributed by atoms with Crippen LogP contribution in [-0.2, 0) is 28.6 Å². The molecule has 0 aromatic carbocycles. The summed E-state index contributed by atoms with van der Waals surface area (Å²) in [6.07, 6.45) is 61.0. The summed E-state index contributed by atoms with van der Waals surface area (Å²) < 4.78 is 17.0. The lowest BCUT2D eigenvalue weighted by Crippen LogP contribution is -2.30. The highest BCUT2D eigenvalue weighted by atomic mass is 16.6. The second-order valence-electron chi connectivity index (χ2n) is 23.6. The van der Waals surface area contributed by atoms with Crippen molar-refractivity contribution >= 4 is 17.9 Å². The molecule has 71 heavy (non-hydrogen) atoms. The maximum Gasteiger partial charge on any atom is 0.306 e. The van der Waals surface area contributed by atoms with Crippen molar-refractivity contribution in [1.82, 2.24) is 0 Å². The second kappa shape index (κ2) is 56.1. The lowest BCUT2D eigenvalue weighted by Gasteiger charge is -2.18. The smallest absolute Gasteiger partial charge is 0.306 e. The molecule has 0 heterocycles. The van der Waals surface area contributed by atoms with Crippen molar-refractivity contribution in [3.05, 3.63) is 0 Å². The van der Waals surface area contributed by atoms with E-state index < -0.39 is 6.10 Å². The number of unbranched alkanes of at least 4 members (excludes halogenated alkanes) is 40. The van der Waals surface area contributed by atoms with Gasteiger partial charge in [-0.1, -0.05) is 324 Å². The molecule has 0 aliphatic carbocycles. The van der Waals surface area contributed by atoms with Gasteiger partial charge in [0.2, 0.25) is 0 Å². The van der Waals surface area contributed by atoms with Gasteiger partial charge in [0.05, 0.1) is 0 Å². The summed E-state index contributed by atoms with van der Waals surface area (Å²) in [5.41, 5.74) is 0. The van der Waals surface area contributed by atoms with Crippen LogP contribution in [0.2, 0.25) is 0 Å². The minimum Gasteiger partial charge on any atom is -0.462 e. The molecule has 0 aliphatic heterocycles. The van der Waals surface area contributed by atoms with Gasteiger partial charge < -0.3 is 14.2 Å². The molecule has 2 atom stereocenters. The lowest BCUT2D eigenvalue weighted by atomic mass is 9.99. The summed E-state index contributed by atoms with van der Waals surface area (Å²) in [5, 5.41) is 0. The van der Waals surface area contributed by atoms with Crippen LogP contribution in [0, 0.1) is 17.8 Å². The van der Waals surface area contributed by atoms with E-state index in [2.05, 4.69) is 41.5 Å². The van der Waals surface area contributed by atoms with Gasteiger partial charge in [0.15, 0.2) is 6.10 Å². The molecule has 0 fully saturated rings. The van der Waals surface area contributed by atoms with Gasteiger partial charge in [-0.25, -0.2) is 0 Å².